The Kier molecular flexibility index (Phi) is 2.97. The van der Waals surface area contributed by atoms with Gasteiger partial charge in [-0.25, -0.2) is 4.98 Å². The average molecular weight is 235 g/mol. The first-order chi connectivity index (χ1) is 7.69. The Labute approximate surface area is 98.8 Å². The summed E-state index contributed by atoms with van der Waals surface area (Å²) in [5.41, 5.74) is 8.26. The predicted octanol–water partition coefficient (Wildman–Crippen LogP) is 2.99. The minimum Gasteiger partial charge on any atom is -0.481 e. The van der Waals surface area contributed by atoms with Crippen LogP contribution >= 0.6 is 11.6 Å². The van der Waals surface area contributed by atoms with Gasteiger partial charge in [0.2, 0.25) is 5.88 Å². The van der Waals surface area contributed by atoms with Crippen LogP contribution in [0.15, 0.2) is 36.5 Å². The van der Waals surface area contributed by atoms with Crippen molar-refractivity contribution < 1.29 is 4.74 Å². The van der Waals surface area contributed by atoms with E-state index < -0.39 is 0 Å². The number of pyridine rings is 1. The van der Waals surface area contributed by atoms with Gasteiger partial charge in [0.15, 0.2) is 0 Å². The van der Waals surface area contributed by atoms with Crippen molar-refractivity contribution in [1.29, 1.82) is 0 Å². The quantitative estimate of drug-likeness (QED) is 0.813. The molecule has 0 aliphatic carbocycles. The lowest BCUT2D eigenvalue weighted by molar-refractivity contribution is 0.398. The number of rotatable bonds is 2. The number of nitrogen functional groups attached to an aromatic ring is 1. The van der Waals surface area contributed by atoms with Gasteiger partial charge in [-0.3, -0.25) is 0 Å². The molecule has 3 nitrogen and oxygen atoms in total. The van der Waals surface area contributed by atoms with Crippen LogP contribution in [0.2, 0.25) is 5.02 Å². The van der Waals surface area contributed by atoms with E-state index in [2.05, 4.69) is 4.98 Å². The number of halogens is 1. The lowest BCUT2D eigenvalue weighted by atomic mass is 10.1. The highest BCUT2D eigenvalue weighted by molar-refractivity contribution is 6.31. The smallest absolute Gasteiger partial charge is 0.212 e. The van der Waals surface area contributed by atoms with Crippen molar-refractivity contribution in [2.75, 3.05) is 12.8 Å². The Bertz CT molecular complexity index is 477. The van der Waals surface area contributed by atoms with Crippen LogP contribution in [-0.4, -0.2) is 12.1 Å². The van der Waals surface area contributed by atoms with E-state index in [-0.39, 0.29) is 0 Å². The molecule has 4 heteroatoms. The summed E-state index contributed by atoms with van der Waals surface area (Å²) in [5.74, 6) is 0.582. The third-order valence-corrected chi connectivity index (χ3v) is 2.42. The summed E-state index contributed by atoms with van der Waals surface area (Å²) in [6.07, 6.45) is 1.73. The van der Waals surface area contributed by atoms with Crippen LogP contribution < -0.4 is 10.5 Å². The van der Waals surface area contributed by atoms with Crippen LogP contribution in [0.25, 0.3) is 11.1 Å². The van der Waals surface area contributed by atoms with Gasteiger partial charge in [0, 0.05) is 28.5 Å². The van der Waals surface area contributed by atoms with Gasteiger partial charge in [0.1, 0.15) is 0 Å². The molecule has 1 aromatic carbocycles. The monoisotopic (exact) mass is 234 g/mol. The second-order valence-electron chi connectivity index (χ2n) is 3.36. The third-order valence-electron chi connectivity index (χ3n) is 2.20. The van der Waals surface area contributed by atoms with Gasteiger partial charge in [-0.05, 0) is 29.8 Å². The van der Waals surface area contributed by atoms with Crippen LogP contribution in [-0.2, 0) is 0 Å². The number of hydrogen-bond donors (Lipinski definition) is 1. The summed E-state index contributed by atoms with van der Waals surface area (Å²) in [6.45, 7) is 0. The van der Waals surface area contributed by atoms with Crippen molar-refractivity contribution in [3.8, 4) is 17.0 Å². The molecule has 0 atom stereocenters. The minimum absolute atomic E-state index is 0.582. The third kappa shape index (κ3) is 2.25. The van der Waals surface area contributed by atoms with Crippen LogP contribution in [0.4, 0.5) is 5.69 Å². The fraction of sp³-hybridized carbons (Fsp3) is 0.0833. The molecule has 0 fully saturated rings. The summed E-state index contributed by atoms with van der Waals surface area (Å²) < 4.78 is 4.99. The van der Waals surface area contributed by atoms with Crippen LogP contribution in [0.5, 0.6) is 5.88 Å². The molecule has 1 heterocycles. The Morgan fingerprint density at radius 1 is 1.19 bits per heavy atom. The summed E-state index contributed by atoms with van der Waals surface area (Å²) in [5, 5.41) is 0.616. The Morgan fingerprint density at radius 2 is 2.00 bits per heavy atom. The normalized spacial score (nSPS) is 10.1. The zero-order valence-corrected chi connectivity index (χ0v) is 9.53. The molecule has 0 spiro atoms. The molecule has 0 radical (unpaired) electrons. The molecule has 2 aromatic rings. The molecule has 0 bridgehead atoms. The van der Waals surface area contributed by atoms with Gasteiger partial charge in [0.25, 0.3) is 0 Å². The predicted molar refractivity (Wildman–Crippen MR) is 65.6 cm³/mol. The maximum absolute atomic E-state index is 5.93. The van der Waals surface area contributed by atoms with Crippen molar-refractivity contribution in [3.63, 3.8) is 0 Å². The number of nitrogens with two attached hydrogens (primary N) is 1. The summed E-state index contributed by atoms with van der Waals surface area (Å²) in [4.78, 5) is 4.13. The van der Waals surface area contributed by atoms with Crippen LogP contribution in [0.3, 0.4) is 0 Å². The Morgan fingerprint density at radius 3 is 2.56 bits per heavy atom. The molecule has 0 amide bonds. The van der Waals surface area contributed by atoms with Gasteiger partial charge < -0.3 is 10.5 Å². The Hall–Kier alpha value is -1.74. The number of anilines is 1. The van der Waals surface area contributed by atoms with E-state index in [1.165, 1.54) is 0 Å². The van der Waals surface area contributed by atoms with Gasteiger partial charge in [-0.2, -0.15) is 0 Å². The van der Waals surface area contributed by atoms with E-state index in [1.807, 2.05) is 18.2 Å². The first kappa shape index (κ1) is 10.8. The maximum atomic E-state index is 5.93. The van der Waals surface area contributed by atoms with Gasteiger partial charge in [-0.15, -0.1) is 0 Å². The van der Waals surface area contributed by atoms with Gasteiger partial charge in [0.05, 0.1) is 7.11 Å². The number of ether oxygens (including phenoxy) is 1. The standard InChI is InChI=1S/C12H11ClN2O/c1-16-12-3-2-8(7-15-12)9-4-10(13)6-11(14)5-9/h2-7H,14H2,1H3. The van der Waals surface area contributed by atoms with Crippen LogP contribution in [0, 0.1) is 0 Å². The van der Waals surface area contributed by atoms with Gasteiger partial charge in [-0.1, -0.05) is 11.6 Å². The highest BCUT2D eigenvalue weighted by Crippen LogP contribution is 2.26. The van der Waals surface area contributed by atoms with Crippen LogP contribution in [0.1, 0.15) is 0 Å². The van der Waals surface area contributed by atoms with E-state index in [0.717, 1.165) is 11.1 Å². The molecule has 2 rings (SSSR count). The lowest BCUT2D eigenvalue weighted by Crippen LogP contribution is -1.89. The highest BCUT2D eigenvalue weighted by atomic mass is 35.5. The molecular formula is C12H11ClN2O. The average Bonchev–Trinajstić information content (AvgIpc) is 2.28. The maximum Gasteiger partial charge on any atom is 0.212 e. The molecule has 0 saturated carbocycles. The first-order valence-corrected chi connectivity index (χ1v) is 5.13. The summed E-state index contributed by atoms with van der Waals surface area (Å²) >= 11 is 5.93. The lowest BCUT2D eigenvalue weighted by Gasteiger charge is -2.04. The van der Waals surface area contributed by atoms with Crippen molar-refractivity contribution in [3.05, 3.63) is 41.6 Å². The fourth-order valence-corrected chi connectivity index (χ4v) is 1.69. The number of aromatic nitrogens is 1. The van der Waals surface area contributed by atoms with E-state index in [0.29, 0.717) is 16.6 Å². The summed E-state index contributed by atoms with van der Waals surface area (Å²) in [6, 6.07) is 9.13. The zero-order valence-electron chi connectivity index (χ0n) is 8.77. The topological polar surface area (TPSA) is 48.1 Å². The fourth-order valence-electron chi connectivity index (χ4n) is 1.45. The van der Waals surface area contributed by atoms with Crippen molar-refractivity contribution in [2.24, 2.45) is 0 Å². The van der Waals surface area contributed by atoms with E-state index in [1.54, 1.807) is 25.4 Å². The van der Waals surface area contributed by atoms with E-state index in [4.69, 9.17) is 22.1 Å². The molecule has 16 heavy (non-hydrogen) atoms. The molecule has 0 aliphatic heterocycles. The number of hydrogen-bond acceptors (Lipinski definition) is 3. The SMILES string of the molecule is COc1ccc(-c2cc(N)cc(Cl)c2)cn1. The second-order valence-corrected chi connectivity index (χ2v) is 3.80. The summed E-state index contributed by atoms with van der Waals surface area (Å²) in [7, 11) is 1.58. The highest BCUT2D eigenvalue weighted by Gasteiger charge is 2.01. The zero-order chi connectivity index (χ0) is 11.5. The number of methoxy groups -OCH3 is 1. The van der Waals surface area contributed by atoms with Crippen molar-refractivity contribution >= 4 is 17.3 Å². The van der Waals surface area contributed by atoms with Gasteiger partial charge >= 0.3 is 0 Å². The molecule has 82 valence electrons. The minimum atomic E-state index is 0.582. The van der Waals surface area contributed by atoms with E-state index >= 15 is 0 Å². The molecule has 0 aliphatic rings. The molecular weight excluding hydrogens is 224 g/mol. The molecule has 0 unspecified atom stereocenters. The molecule has 2 N–H and O–H groups in total. The largest absolute Gasteiger partial charge is 0.481 e. The van der Waals surface area contributed by atoms with Crippen molar-refractivity contribution in [1.82, 2.24) is 4.98 Å². The number of benzene rings is 1. The first-order valence-electron chi connectivity index (χ1n) is 4.75. The molecule has 1 aromatic heterocycles. The van der Waals surface area contributed by atoms with Crippen molar-refractivity contribution in [2.45, 2.75) is 0 Å². The van der Waals surface area contributed by atoms with E-state index in [9.17, 15) is 0 Å². The second kappa shape index (κ2) is 4.41. The molecule has 0 saturated heterocycles. The number of nitrogens with zero attached hydrogens (tertiary/aromatic N) is 1. The Balaban J connectivity index is 2.42.